The van der Waals surface area contributed by atoms with E-state index in [0.717, 1.165) is 30.5 Å². The van der Waals surface area contributed by atoms with Gasteiger partial charge < -0.3 is 5.32 Å². The zero-order chi connectivity index (χ0) is 18.9. The summed E-state index contributed by atoms with van der Waals surface area (Å²) in [4.78, 5) is 16.4. The van der Waals surface area contributed by atoms with Crippen LogP contribution in [0, 0.1) is 0 Å². The number of pyridine rings is 1. The topological polar surface area (TPSA) is 42.0 Å². The molecule has 0 aliphatic heterocycles. The summed E-state index contributed by atoms with van der Waals surface area (Å²) in [5.41, 5.74) is 2.58. The van der Waals surface area contributed by atoms with Crippen LogP contribution in [0.15, 0.2) is 36.5 Å². The van der Waals surface area contributed by atoms with E-state index >= 15 is 0 Å². The number of alkyl halides is 2. The Balaban J connectivity index is 1.98. The second kappa shape index (κ2) is 7.14. The molecule has 5 heteroatoms. The van der Waals surface area contributed by atoms with Gasteiger partial charge in [-0.2, -0.15) is 0 Å². The van der Waals surface area contributed by atoms with Crippen molar-refractivity contribution in [1.82, 2.24) is 4.98 Å². The number of hydrogen-bond donors (Lipinski definition) is 1. The summed E-state index contributed by atoms with van der Waals surface area (Å²) >= 11 is 0. The molecule has 3 rings (SSSR count). The van der Waals surface area contributed by atoms with Crippen molar-refractivity contribution in [3.63, 3.8) is 0 Å². The summed E-state index contributed by atoms with van der Waals surface area (Å²) in [7, 11) is 0. The third-order valence-corrected chi connectivity index (χ3v) is 5.18. The molecule has 1 N–H and O–H groups in total. The normalized spacial score (nSPS) is 18.0. The fourth-order valence-corrected chi connectivity index (χ4v) is 4.10. The van der Waals surface area contributed by atoms with Crippen LogP contribution in [-0.2, 0) is 5.41 Å². The molecule has 1 amide bonds. The number of aromatic nitrogens is 1. The average molecular weight is 358 g/mol. The first kappa shape index (κ1) is 18.5. The molecule has 0 spiro atoms. The minimum Gasteiger partial charge on any atom is -0.322 e. The van der Waals surface area contributed by atoms with Crippen LogP contribution in [0.1, 0.15) is 79.6 Å². The van der Waals surface area contributed by atoms with Gasteiger partial charge >= 0.3 is 0 Å². The lowest BCUT2D eigenvalue weighted by atomic mass is 9.85. The number of carbonyl (C=O) groups excluding carboxylic acids is 1. The highest BCUT2D eigenvalue weighted by molar-refractivity contribution is 6.05. The van der Waals surface area contributed by atoms with E-state index in [-0.39, 0.29) is 11.0 Å². The molecule has 26 heavy (non-hydrogen) atoms. The SMILES string of the molecule is CCC[C@H]1CC(C)(C)c2cccc(NC(=O)c3cccnc3C(F)F)c21. The minimum atomic E-state index is -2.79. The number of fused-ring (bicyclic) bond motifs is 1. The van der Waals surface area contributed by atoms with E-state index in [1.807, 2.05) is 12.1 Å². The van der Waals surface area contributed by atoms with Crippen molar-refractivity contribution in [2.24, 2.45) is 0 Å². The Morgan fingerprint density at radius 3 is 2.77 bits per heavy atom. The van der Waals surface area contributed by atoms with Crippen LogP contribution >= 0.6 is 0 Å². The summed E-state index contributed by atoms with van der Waals surface area (Å²) in [6.45, 7) is 6.57. The quantitative estimate of drug-likeness (QED) is 0.730. The van der Waals surface area contributed by atoms with Gasteiger partial charge in [-0.25, -0.2) is 8.78 Å². The molecule has 1 aliphatic carbocycles. The Hall–Kier alpha value is -2.30. The van der Waals surface area contributed by atoms with Gasteiger partial charge in [-0.15, -0.1) is 0 Å². The van der Waals surface area contributed by atoms with E-state index < -0.39 is 18.0 Å². The maximum absolute atomic E-state index is 13.2. The highest BCUT2D eigenvalue weighted by atomic mass is 19.3. The Kier molecular flexibility index (Phi) is 5.08. The fourth-order valence-electron chi connectivity index (χ4n) is 4.10. The second-order valence-electron chi connectivity index (χ2n) is 7.53. The molecule has 0 radical (unpaired) electrons. The van der Waals surface area contributed by atoms with Gasteiger partial charge in [0.05, 0.1) is 5.56 Å². The molecule has 0 saturated heterocycles. The van der Waals surface area contributed by atoms with Crippen molar-refractivity contribution in [2.45, 2.75) is 57.8 Å². The number of amides is 1. The summed E-state index contributed by atoms with van der Waals surface area (Å²) in [5.74, 6) is -0.174. The molecule has 1 heterocycles. The molecule has 1 aromatic carbocycles. The van der Waals surface area contributed by atoms with Gasteiger partial charge in [-0.1, -0.05) is 39.3 Å². The molecule has 3 nitrogen and oxygen atoms in total. The summed E-state index contributed by atoms with van der Waals surface area (Å²) in [6, 6.07) is 8.77. The van der Waals surface area contributed by atoms with E-state index in [4.69, 9.17) is 0 Å². The van der Waals surface area contributed by atoms with Crippen molar-refractivity contribution in [2.75, 3.05) is 5.32 Å². The Bertz CT molecular complexity index is 817. The highest BCUT2D eigenvalue weighted by Crippen LogP contribution is 2.50. The van der Waals surface area contributed by atoms with Crippen LogP contribution in [0.3, 0.4) is 0 Å². The number of hydrogen-bond acceptors (Lipinski definition) is 2. The third kappa shape index (κ3) is 3.35. The number of carbonyl (C=O) groups is 1. The molecule has 0 unspecified atom stereocenters. The maximum atomic E-state index is 13.2. The van der Waals surface area contributed by atoms with E-state index in [2.05, 4.69) is 37.1 Å². The highest BCUT2D eigenvalue weighted by Gasteiger charge is 2.38. The van der Waals surface area contributed by atoms with Gasteiger partial charge in [0, 0.05) is 11.9 Å². The summed E-state index contributed by atoms with van der Waals surface area (Å²) in [5, 5.41) is 2.87. The second-order valence-corrected chi connectivity index (χ2v) is 7.53. The first-order chi connectivity index (χ1) is 12.3. The lowest BCUT2D eigenvalue weighted by Gasteiger charge is -2.19. The Morgan fingerprint density at radius 2 is 2.08 bits per heavy atom. The first-order valence-corrected chi connectivity index (χ1v) is 9.03. The molecular weight excluding hydrogens is 334 g/mol. The molecule has 1 atom stereocenters. The minimum absolute atomic E-state index is 0.0400. The zero-order valence-corrected chi connectivity index (χ0v) is 15.4. The van der Waals surface area contributed by atoms with Gasteiger partial charge in [-0.3, -0.25) is 9.78 Å². The molecule has 2 aromatic rings. The lowest BCUT2D eigenvalue weighted by molar-refractivity contribution is 0.100. The van der Waals surface area contributed by atoms with Gasteiger partial charge in [-0.05, 0) is 53.5 Å². The molecule has 0 saturated carbocycles. The van der Waals surface area contributed by atoms with Crippen molar-refractivity contribution in [1.29, 1.82) is 0 Å². The summed E-state index contributed by atoms with van der Waals surface area (Å²) in [6.07, 6.45) is 1.61. The van der Waals surface area contributed by atoms with Gasteiger partial charge in [0.1, 0.15) is 5.69 Å². The van der Waals surface area contributed by atoms with Crippen molar-refractivity contribution in [3.8, 4) is 0 Å². The fraction of sp³-hybridized carbons (Fsp3) is 0.429. The van der Waals surface area contributed by atoms with Crippen LogP contribution in [-0.4, -0.2) is 10.9 Å². The first-order valence-electron chi connectivity index (χ1n) is 9.03. The number of rotatable bonds is 5. The average Bonchev–Trinajstić information content (AvgIpc) is 2.86. The third-order valence-electron chi connectivity index (χ3n) is 5.18. The van der Waals surface area contributed by atoms with Gasteiger partial charge in [0.25, 0.3) is 12.3 Å². The molecule has 0 bridgehead atoms. The van der Waals surface area contributed by atoms with E-state index in [9.17, 15) is 13.6 Å². The molecule has 138 valence electrons. The van der Waals surface area contributed by atoms with Gasteiger partial charge in [0.2, 0.25) is 0 Å². The molecule has 1 aliphatic rings. The predicted octanol–water partition coefficient (Wildman–Crippen LogP) is 5.84. The molecular formula is C21H24F2N2O. The van der Waals surface area contributed by atoms with Crippen LogP contribution in [0.25, 0.3) is 0 Å². The van der Waals surface area contributed by atoms with E-state index in [1.165, 1.54) is 23.9 Å². The largest absolute Gasteiger partial charge is 0.322 e. The van der Waals surface area contributed by atoms with Crippen LogP contribution in [0.5, 0.6) is 0 Å². The van der Waals surface area contributed by atoms with Crippen LogP contribution < -0.4 is 5.32 Å². The van der Waals surface area contributed by atoms with Crippen LogP contribution in [0.4, 0.5) is 14.5 Å². The number of benzene rings is 1. The number of nitrogens with one attached hydrogen (secondary N) is 1. The lowest BCUT2D eigenvalue weighted by Crippen LogP contribution is -2.17. The van der Waals surface area contributed by atoms with Gasteiger partial charge in [0.15, 0.2) is 0 Å². The van der Waals surface area contributed by atoms with E-state index in [1.54, 1.807) is 0 Å². The van der Waals surface area contributed by atoms with Crippen molar-refractivity contribution >= 4 is 11.6 Å². The standard InChI is InChI=1S/C21H24F2N2O/c1-4-7-13-12-21(2,3)15-9-5-10-16(17(13)15)25-20(26)14-8-6-11-24-18(14)19(22)23/h5-6,8-11,13,19H,4,7,12H2,1-3H3,(H,25,26)/t13-/m0/s1. The number of nitrogens with zero attached hydrogens (tertiary/aromatic N) is 1. The predicted molar refractivity (Wildman–Crippen MR) is 98.9 cm³/mol. The Labute approximate surface area is 152 Å². The molecule has 0 fully saturated rings. The van der Waals surface area contributed by atoms with Crippen molar-refractivity contribution < 1.29 is 13.6 Å². The summed E-state index contributed by atoms with van der Waals surface area (Å²) < 4.78 is 26.3. The Morgan fingerprint density at radius 1 is 1.31 bits per heavy atom. The number of anilines is 1. The van der Waals surface area contributed by atoms with Crippen molar-refractivity contribution in [3.05, 3.63) is 58.9 Å². The number of halogens is 2. The van der Waals surface area contributed by atoms with E-state index in [0.29, 0.717) is 5.92 Å². The monoisotopic (exact) mass is 358 g/mol. The molecule has 1 aromatic heterocycles. The maximum Gasteiger partial charge on any atom is 0.281 e. The van der Waals surface area contributed by atoms with Crippen LogP contribution in [0.2, 0.25) is 0 Å². The smallest absolute Gasteiger partial charge is 0.281 e. The zero-order valence-electron chi connectivity index (χ0n) is 15.4.